The lowest BCUT2D eigenvalue weighted by molar-refractivity contribution is 0.208. The Balaban J connectivity index is 1.50. The summed E-state index contributed by atoms with van der Waals surface area (Å²) in [5.41, 5.74) is 3.71. The van der Waals surface area contributed by atoms with Gasteiger partial charge in [-0.1, -0.05) is 18.2 Å². The lowest BCUT2D eigenvalue weighted by atomic mass is 9.95. The zero-order valence-electron chi connectivity index (χ0n) is 20.5. The molecule has 1 fully saturated rings. The number of aromatic nitrogens is 2. The smallest absolute Gasteiger partial charge is 0.252 e. The molecule has 9 heteroatoms. The SMILES string of the molecule is COc1cc(F)ccc1C(c1ccc(F)cc1)N1CCN(c2cc(=O)n(C)c3ccc(C#N)nc23)CC1. The summed E-state index contributed by atoms with van der Waals surface area (Å²) in [5.74, 6) is -0.312. The molecule has 0 radical (unpaired) electrons. The summed E-state index contributed by atoms with van der Waals surface area (Å²) in [6, 6.07) is 17.4. The Morgan fingerprint density at radius 3 is 2.35 bits per heavy atom. The Bertz CT molecular complexity index is 1550. The monoisotopic (exact) mass is 501 g/mol. The second-order valence-electron chi connectivity index (χ2n) is 8.97. The van der Waals surface area contributed by atoms with Gasteiger partial charge in [-0.05, 0) is 35.9 Å². The molecule has 4 aromatic rings. The third-order valence-electron chi connectivity index (χ3n) is 6.88. The molecule has 1 atom stereocenters. The van der Waals surface area contributed by atoms with Gasteiger partial charge < -0.3 is 14.2 Å². The number of hydrogen-bond donors (Lipinski definition) is 0. The average molecular weight is 502 g/mol. The Morgan fingerprint density at radius 2 is 1.68 bits per heavy atom. The first-order valence-electron chi connectivity index (χ1n) is 11.9. The lowest BCUT2D eigenvalue weighted by Gasteiger charge is -2.41. The molecule has 0 aliphatic carbocycles. The molecule has 37 heavy (non-hydrogen) atoms. The fourth-order valence-electron chi connectivity index (χ4n) is 4.98. The predicted molar refractivity (Wildman–Crippen MR) is 137 cm³/mol. The highest BCUT2D eigenvalue weighted by atomic mass is 19.1. The van der Waals surface area contributed by atoms with Crippen LogP contribution >= 0.6 is 0 Å². The van der Waals surface area contributed by atoms with Gasteiger partial charge in [0.25, 0.3) is 5.56 Å². The number of benzene rings is 2. The number of ether oxygens (including phenoxy) is 1. The van der Waals surface area contributed by atoms with Gasteiger partial charge in [0.2, 0.25) is 0 Å². The number of rotatable bonds is 5. The number of halogens is 2. The van der Waals surface area contributed by atoms with Gasteiger partial charge in [0, 0.05) is 50.9 Å². The van der Waals surface area contributed by atoms with E-state index in [1.165, 1.54) is 35.9 Å². The van der Waals surface area contributed by atoms with E-state index in [2.05, 4.69) is 20.9 Å². The van der Waals surface area contributed by atoms with Gasteiger partial charge in [0.1, 0.15) is 34.7 Å². The van der Waals surface area contributed by atoms with Crippen LogP contribution in [0.25, 0.3) is 11.0 Å². The molecule has 7 nitrogen and oxygen atoms in total. The molecular weight excluding hydrogens is 476 g/mol. The molecule has 0 amide bonds. The van der Waals surface area contributed by atoms with Crippen LogP contribution in [0, 0.1) is 23.0 Å². The van der Waals surface area contributed by atoms with Crippen LogP contribution in [0.3, 0.4) is 0 Å². The Hall–Kier alpha value is -4.29. The van der Waals surface area contributed by atoms with Gasteiger partial charge in [0.15, 0.2) is 0 Å². The zero-order chi connectivity index (χ0) is 26.1. The minimum atomic E-state index is -0.398. The van der Waals surface area contributed by atoms with E-state index >= 15 is 0 Å². The summed E-state index contributed by atoms with van der Waals surface area (Å²) in [4.78, 5) is 21.5. The van der Waals surface area contributed by atoms with Crippen LogP contribution in [0.15, 0.2) is 65.5 Å². The molecule has 1 aliphatic rings. The number of methoxy groups -OCH3 is 1. The van der Waals surface area contributed by atoms with Crippen LogP contribution in [-0.2, 0) is 7.05 Å². The van der Waals surface area contributed by atoms with Crippen molar-refractivity contribution in [1.82, 2.24) is 14.5 Å². The van der Waals surface area contributed by atoms with Crippen molar-refractivity contribution in [1.29, 1.82) is 5.26 Å². The van der Waals surface area contributed by atoms with Gasteiger partial charge in [-0.2, -0.15) is 5.26 Å². The van der Waals surface area contributed by atoms with Crippen molar-refractivity contribution in [3.63, 3.8) is 0 Å². The molecule has 1 aliphatic heterocycles. The Morgan fingerprint density at radius 1 is 0.973 bits per heavy atom. The number of piperazine rings is 1. The molecule has 3 heterocycles. The standard InChI is InChI=1S/C28H25F2N5O2/c1-33-23-10-8-21(17-31)32-27(23)24(16-26(33)36)34-11-13-35(14-12-34)28(18-3-5-19(29)6-4-18)22-9-7-20(30)15-25(22)37-2/h3-10,15-16,28H,11-14H2,1-2H3. The second kappa shape index (κ2) is 9.99. The van der Waals surface area contributed by atoms with Crippen molar-refractivity contribution >= 4 is 16.7 Å². The van der Waals surface area contributed by atoms with E-state index < -0.39 is 5.82 Å². The molecule has 1 unspecified atom stereocenters. The molecule has 0 saturated carbocycles. The van der Waals surface area contributed by atoms with Crippen LogP contribution in [-0.4, -0.2) is 47.7 Å². The predicted octanol–water partition coefficient (Wildman–Crippen LogP) is 4.00. The summed E-state index contributed by atoms with van der Waals surface area (Å²) >= 11 is 0. The highest BCUT2D eigenvalue weighted by Crippen LogP contribution is 2.36. The number of nitriles is 1. The molecule has 5 rings (SSSR count). The van der Waals surface area contributed by atoms with Crippen LogP contribution < -0.4 is 15.2 Å². The fraction of sp³-hybridized carbons (Fsp3) is 0.250. The van der Waals surface area contributed by atoms with E-state index in [0.717, 1.165) is 11.1 Å². The first-order chi connectivity index (χ1) is 17.9. The third kappa shape index (κ3) is 4.63. The highest BCUT2D eigenvalue weighted by Gasteiger charge is 2.30. The highest BCUT2D eigenvalue weighted by molar-refractivity contribution is 5.88. The molecule has 1 saturated heterocycles. The molecule has 0 bridgehead atoms. The molecule has 0 spiro atoms. The van der Waals surface area contributed by atoms with Crippen LogP contribution in [0.5, 0.6) is 5.75 Å². The van der Waals surface area contributed by atoms with Crippen LogP contribution in [0.1, 0.15) is 22.9 Å². The molecular formula is C28H25F2N5O2. The maximum absolute atomic E-state index is 14.0. The summed E-state index contributed by atoms with van der Waals surface area (Å²) in [6.45, 7) is 2.39. The molecule has 2 aromatic heterocycles. The summed E-state index contributed by atoms with van der Waals surface area (Å²) < 4.78 is 34.7. The average Bonchev–Trinajstić information content (AvgIpc) is 2.92. The molecule has 0 N–H and O–H groups in total. The van der Waals surface area contributed by atoms with E-state index in [4.69, 9.17) is 4.74 Å². The van der Waals surface area contributed by atoms with Gasteiger partial charge in [-0.3, -0.25) is 9.69 Å². The minimum Gasteiger partial charge on any atom is -0.496 e. The van der Waals surface area contributed by atoms with Crippen molar-refractivity contribution in [3.8, 4) is 11.8 Å². The number of fused-ring (bicyclic) bond motifs is 1. The quantitative estimate of drug-likeness (QED) is 0.412. The number of hydrogen-bond acceptors (Lipinski definition) is 6. The maximum Gasteiger partial charge on any atom is 0.252 e. The number of nitrogens with zero attached hydrogens (tertiary/aromatic N) is 5. The minimum absolute atomic E-state index is 0.156. The fourth-order valence-corrected chi connectivity index (χ4v) is 4.98. The van der Waals surface area contributed by atoms with Gasteiger partial charge in [-0.15, -0.1) is 0 Å². The van der Waals surface area contributed by atoms with E-state index in [1.54, 1.807) is 43.4 Å². The summed E-state index contributed by atoms with van der Waals surface area (Å²) in [7, 11) is 3.19. The van der Waals surface area contributed by atoms with Gasteiger partial charge >= 0.3 is 0 Å². The molecule has 2 aromatic carbocycles. The Kier molecular flexibility index (Phi) is 6.59. The number of aryl methyl sites for hydroxylation is 1. The first-order valence-corrected chi connectivity index (χ1v) is 11.9. The second-order valence-corrected chi connectivity index (χ2v) is 8.97. The van der Waals surface area contributed by atoms with Crippen LogP contribution in [0.2, 0.25) is 0 Å². The topological polar surface area (TPSA) is 74.4 Å². The summed E-state index contributed by atoms with van der Waals surface area (Å²) in [6.07, 6.45) is 0. The summed E-state index contributed by atoms with van der Waals surface area (Å²) in [5, 5.41) is 9.35. The van der Waals surface area contributed by atoms with Crippen molar-refractivity contribution in [3.05, 3.63) is 99.5 Å². The van der Waals surface area contributed by atoms with E-state index in [-0.39, 0.29) is 23.1 Å². The number of pyridine rings is 2. The van der Waals surface area contributed by atoms with Gasteiger partial charge in [0.05, 0.1) is 24.4 Å². The first kappa shape index (κ1) is 24.4. The largest absolute Gasteiger partial charge is 0.496 e. The van der Waals surface area contributed by atoms with E-state index in [9.17, 15) is 18.8 Å². The van der Waals surface area contributed by atoms with Gasteiger partial charge in [-0.25, -0.2) is 13.8 Å². The lowest BCUT2D eigenvalue weighted by Crippen LogP contribution is -2.48. The van der Waals surface area contributed by atoms with E-state index in [0.29, 0.717) is 48.6 Å². The van der Waals surface area contributed by atoms with Crippen molar-refractivity contribution in [2.75, 3.05) is 38.2 Å². The molecule has 188 valence electrons. The normalized spacial score (nSPS) is 14.9. The van der Waals surface area contributed by atoms with Crippen molar-refractivity contribution in [2.24, 2.45) is 7.05 Å². The maximum atomic E-state index is 14.0. The van der Waals surface area contributed by atoms with Crippen LogP contribution in [0.4, 0.5) is 14.5 Å². The van der Waals surface area contributed by atoms with E-state index in [1.807, 2.05) is 0 Å². The Labute approximate surface area is 212 Å². The van der Waals surface area contributed by atoms with Crippen molar-refractivity contribution < 1.29 is 13.5 Å². The van der Waals surface area contributed by atoms with Crippen molar-refractivity contribution in [2.45, 2.75) is 6.04 Å². The third-order valence-corrected chi connectivity index (χ3v) is 6.88. The number of anilines is 1. The zero-order valence-corrected chi connectivity index (χ0v) is 20.5.